The molecule has 2 aliphatic rings. The summed E-state index contributed by atoms with van der Waals surface area (Å²) in [6.07, 6.45) is 2.23. The minimum Gasteiger partial charge on any atom is -0.379 e. The molecule has 0 aliphatic carbocycles. The van der Waals surface area contributed by atoms with Crippen LogP contribution in [0.1, 0.15) is 30.3 Å². The van der Waals surface area contributed by atoms with Crippen LogP contribution in [0, 0.1) is 0 Å². The molecule has 160 valence electrons. The minimum atomic E-state index is -0.229. The molecule has 3 heterocycles. The third-order valence-electron chi connectivity index (χ3n) is 5.48. The normalized spacial score (nSPS) is 18.2. The van der Waals surface area contributed by atoms with Crippen molar-refractivity contribution < 1.29 is 14.3 Å². The van der Waals surface area contributed by atoms with Crippen molar-refractivity contribution >= 4 is 39.7 Å². The zero-order valence-corrected chi connectivity index (χ0v) is 17.9. The van der Waals surface area contributed by atoms with Crippen LogP contribution in [0.15, 0.2) is 29.6 Å². The molecule has 0 spiro atoms. The number of thiazole rings is 1. The summed E-state index contributed by atoms with van der Waals surface area (Å²) in [4.78, 5) is 33.0. The molecule has 2 saturated heterocycles. The summed E-state index contributed by atoms with van der Waals surface area (Å²) in [6, 6.07) is 7.64. The molecule has 0 atom stereocenters. The van der Waals surface area contributed by atoms with E-state index in [2.05, 4.69) is 25.4 Å². The molecule has 9 heteroatoms. The predicted molar refractivity (Wildman–Crippen MR) is 118 cm³/mol. The zero-order chi connectivity index (χ0) is 20.9. The van der Waals surface area contributed by atoms with E-state index in [4.69, 9.17) is 4.74 Å². The summed E-state index contributed by atoms with van der Waals surface area (Å²) < 4.78 is 5.45. The van der Waals surface area contributed by atoms with Gasteiger partial charge in [0.25, 0.3) is 5.91 Å². The number of aromatic nitrogens is 1. The molecule has 2 aromatic rings. The fourth-order valence-electron chi connectivity index (χ4n) is 3.91. The van der Waals surface area contributed by atoms with Gasteiger partial charge in [0.15, 0.2) is 5.13 Å². The monoisotopic (exact) mass is 429 g/mol. The molecule has 0 unspecified atom stereocenters. The topological polar surface area (TPSA) is 86.8 Å². The number of rotatable bonds is 5. The van der Waals surface area contributed by atoms with Crippen LogP contribution in [0.25, 0.3) is 0 Å². The molecule has 2 fully saturated rings. The highest BCUT2D eigenvalue weighted by Crippen LogP contribution is 2.26. The van der Waals surface area contributed by atoms with E-state index in [-0.39, 0.29) is 11.8 Å². The lowest BCUT2D eigenvalue weighted by atomic mass is 10.0. The van der Waals surface area contributed by atoms with Crippen LogP contribution in [0.5, 0.6) is 0 Å². The van der Waals surface area contributed by atoms with Gasteiger partial charge in [-0.15, -0.1) is 11.3 Å². The number of hydrogen-bond donors (Lipinski definition) is 2. The Hall–Kier alpha value is -2.49. The first kappa shape index (κ1) is 20.8. The van der Waals surface area contributed by atoms with Crippen molar-refractivity contribution in [2.45, 2.75) is 25.8 Å². The number of ether oxygens (including phenoxy) is 1. The van der Waals surface area contributed by atoms with Crippen LogP contribution in [0.4, 0.5) is 16.5 Å². The van der Waals surface area contributed by atoms with E-state index >= 15 is 0 Å². The lowest BCUT2D eigenvalue weighted by Gasteiger charge is -2.40. The number of piperidine rings is 1. The average molecular weight is 430 g/mol. The van der Waals surface area contributed by atoms with Gasteiger partial charge in [-0.05, 0) is 37.1 Å². The smallest absolute Gasteiger partial charge is 0.275 e. The van der Waals surface area contributed by atoms with Crippen LogP contribution in [-0.4, -0.2) is 67.1 Å². The van der Waals surface area contributed by atoms with Crippen molar-refractivity contribution in [3.05, 3.63) is 35.3 Å². The van der Waals surface area contributed by atoms with Gasteiger partial charge in [-0.25, -0.2) is 4.98 Å². The molecule has 4 rings (SSSR count). The van der Waals surface area contributed by atoms with E-state index in [1.54, 1.807) is 24.3 Å². The summed E-state index contributed by atoms with van der Waals surface area (Å²) in [7, 11) is 0. The predicted octanol–water partition coefficient (Wildman–Crippen LogP) is 2.65. The Bertz CT molecular complexity index is 871. The molecule has 0 bridgehead atoms. The Morgan fingerprint density at radius 1 is 1.03 bits per heavy atom. The van der Waals surface area contributed by atoms with Crippen molar-refractivity contribution in [1.82, 2.24) is 9.88 Å². The molecule has 1 aromatic carbocycles. The largest absolute Gasteiger partial charge is 0.379 e. The first-order valence-electron chi connectivity index (χ1n) is 10.3. The Morgan fingerprint density at radius 2 is 1.67 bits per heavy atom. The Labute approximate surface area is 180 Å². The maximum Gasteiger partial charge on any atom is 0.275 e. The summed E-state index contributed by atoms with van der Waals surface area (Å²) in [5.74, 6) is -0.358. The molecule has 8 nitrogen and oxygen atoms in total. The third kappa shape index (κ3) is 5.16. The number of nitrogens with zero attached hydrogens (tertiary/aromatic N) is 3. The second kappa shape index (κ2) is 9.55. The molecule has 2 N–H and O–H groups in total. The van der Waals surface area contributed by atoms with Gasteiger partial charge in [0.2, 0.25) is 5.91 Å². The van der Waals surface area contributed by atoms with Crippen molar-refractivity contribution in [2.24, 2.45) is 0 Å². The lowest BCUT2D eigenvalue weighted by Crippen LogP contribution is -2.49. The Morgan fingerprint density at radius 3 is 2.30 bits per heavy atom. The quantitative estimate of drug-likeness (QED) is 0.760. The number of carbonyl (C=O) groups is 2. The number of hydrogen-bond acceptors (Lipinski definition) is 7. The summed E-state index contributed by atoms with van der Waals surface area (Å²) in [5.41, 5.74) is 1.78. The first-order valence-corrected chi connectivity index (χ1v) is 11.2. The molecule has 30 heavy (non-hydrogen) atoms. The average Bonchev–Trinajstić information content (AvgIpc) is 3.26. The molecule has 1 aromatic heterocycles. The second-order valence-electron chi connectivity index (χ2n) is 7.59. The standard InChI is InChI=1S/C21H27N5O3S/c1-15(27)22-16-2-4-17(5-3-16)23-20(28)19-14-30-21(24-19)26-8-6-18(7-9-26)25-10-12-29-13-11-25/h2-5,14,18H,6-13H2,1H3,(H,22,27)(H,23,28). The number of carbonyl (C=O) groups excluding carboxylic acids is 2. The highest BCUT2D eigenvalue weighted by molar-refractivity contribution is 7.14. The summed E-state index contributed by atoms with van der Waals surface area (Å²) >= 11 is 1.51. The van der Waals surface area contributed by atoms with E-state index in [1.807, 2.05) is 5.38 Å². The van der Waals surface area contributed by atoms with Gasteiger partial charge in [0, 0.05) is 55.9 Å². The van der Waals surface area contributed by atoms with Gasteiger partial charge >= 0.3 is 0 Å². The second-order valence-corrected chi connectivity index (χ2v) is 8.43. The van der Waals surface area contributed by atoms with Crippen molar-refractivity contribution in [3.8, 4) is 0 Å². The van der Waals surface area contributed by atoms with E-state index < -0.39 is 0 Å². The summed E-state index contributed by atoms with van der Waals surface area (Å²) in [6.45, 7) is 7.10. The van der Waals surface area contributed by atoms with E-state index in [1.165, 1.54) is 18.3 Å². The third-order valence-corrected chi connectivity index (χ3v) is 6.39. The highest BCUT2D eigenvalue weighted by atomic mass is 32.1. The van der Waals surface area contributed by atoms with Crippen molar-refractivity contribution in [2.75, 3.05) is 54.9 Å². The number of anilines is 3. The number of morpholine rings is 1. The van der Waals surface area contributed by atoms with Crippen molar-refractivity contribution in [1.29, 1.82) is 0 Å². The van der Waals surface area contributed by atoms with Gasteiger partial charge in [0.05, 0.1) is 13.2 Å². The fourth-order valence-corrected chi connectivity index (χ4v) is 4.77. The van der Waals surface area contributed by atoms with Crippen LogP contribution in [-0.2, 0) is 9.53 Å². The van der Waals surface area contributed by atoms with Gasteiger partial charge in [-0.3, -0.25) is 14.5 Å². The van der Waals surface area contributed by atoms with Crippen LogP contribution in [0.2, 0.25) is 0 Å². The first-order chi connectivity index (χ1) is 14.6. The van der Waals surface area contributed by atoms with Crippen LogP contribution < -0.4 is 15.5 Å². The zero-order valence-electron chi connectivity index (χ0n) is 17.1. The van der Waals surface area contributed by atoms with E-state index in [0.717, 1.165) is 57.4 Å². The van der Waals surface area contributed by atoms with Crippen LogP contribution >= 0.6 is 11.3 Å². The maximum atomic E-state index is 12.6. The van der Waals surface area contributed by atoms with Gasteiger partial charge in [-0.1, -0.05) is 0 Å². The lowest BCUT2D eigenvalue weighted by molar-refractivity contribution is -0.114. The highest BCUT2D eigenvalue weighted by Gasteiger charge is 2.27. The van der Waals surface area contributed by atoms with E-state index in [0.29, 0.717) is 23.1 Å². The van der Waals surface area contributed by atoms with Gasteiger partial charge in [-0.2, -0.15) is 0 Å². The van der Waals surface area contributed by atoms with E-state index in [9.17, 15) is 9.59 Å². The fraction of sp³-hybridized carbons (Fsp3) is 0.476. The van der Waals surface area contributed by atoms with Crippen LogP contribution in [0.3, 0.4) is 0 Å². The molecule has 0 saturated carbocycles. The molecule has 2 aliphatic heterocycles. The molecule has 0 radical (unpaired) electrons. The van der Waals surface area contributed by atoms with Gasteiger partial charge < -0.3 is 20.3 Å². The SMILES string of the molecule is CC(=O)Nc1ccc(NC(=O)c2csc(N3CCC(N4CCOCC4)CC3)n2)cc1. The number of benzene rings is 1. The Balaban J connectivity index is 1.30. The molecular weight excluding hydrogens is 402 g/mol. The molecule has 2 amide bonds. The number of nitrogens with one attached hydrogen (secondary N) is 2. The Kier molecular flexibility index (Phi) is 6.61. The summed E-state index contributed by atoms with van der Waals surface area (Å²) in [5, 5.41) is 8.28. The van der Waals surface area contributed by atoms with Gasteiger partial charge in [0.1, 0.15) is 5.69 Å². The number of amides is 2. The minimum absolute atomic E-state index is 0.129. The maximum absolute atomic E-state index is 12.6. The van der Waals surface area contributed by atoms with Crippen molar-refractivity contribution in [3.63, 3.8) is 0 Å². The molecular formula is C21H27N5O3S.